The quantitative estimate of drug-likeness (QED) is 0.934. The lowest BCUT2D eigenvalue weighted by atomic mass is 10.2. The first-order valence-corrected chi connectivity index (χ1v) is 8.17. The van der Waals surface area contributed by atoms with Gasteiger partial charge in [0.15, 0.2) is 11.5 Å². The van der Waals surface area contributed by atoms with Gasteiger partial charge in [-0.15, -0.1) is 0 Å². The number of sulfonamides is 1. The van der Waals surface area contributed by atoms with Crippen LogP contribution in [0.1, 0.15) is 0 Å². The van der Waals surface area contributed by atoms with Crippen LogP contribution in [0.4, 0.5) is 4.39 Å². The second-order valence-electron chi connectivity index (χ2n) is 4.78. The first kappa shape index (κ1) is 14.8. The summed E-state index contributed by atoms with van der Waals surface area (Å²) in [5, 5.41) is 0. The first-order chi connectivity index (χ1) is 10.6. The highest BCUT2D eigenvalue weighted by Gasteiger charge is 2.24. The molecule has 22 heavy (non-hydrogen) atoms. The zero-order valence-corrected chi connectivity index (χ0v) is 12.3. The van der Waals surface area contributed by atoms with Crippen molar-refractivity contribution in [1.82, 2.24) is 4.72 Å². The Morgan fingerprint density at radius 1 is 1.09 bits per heavy atom. The zero-order chi connectivity index (χ0) is 15.6. The third-order valence-electron chi connectivity index (χ3n) is 3.19. The number of benzene rings is 2. The molecule has 1 N–H and O–H groups in total. The summed E-state index contributed by atoms with van der Waals surface area (Å²) >= 11 is 0. The minimum atomic E-state index is -3.93. The lowest BCUT2D eigenvalue weighted by molar-refractivity contribution is 0.0943. The summed E-state index contributed by atoms with van der Waals surface area (Å²) < 4.78 is 51.2. The Morgan fingerprint density at radius 2 is 1.77 bits per heavy atom. The van der Waals surface area contributed by atoms with Gasteiger partial charge in [-0.1, -0.05) is 24.3 Å². The van der Waals surface area contributed by atoms with E-state index in [0.717, 1.165) is 6.07 Å². The van der Waals surface area contributed by atoms with Crippen molar-refractivity contribution in [2.75, 3.05) is 13.2 Å². The van der Waals surface area contributed by atoms with E-state index in [2.05, 4.69) is 4.72 Å². The molecule has 0 bridgehead atoms. The highest BCUT2D eigenvalue weighted by atomic mass is 32.2. The molecule has 0 aromatic heterocycles. The summed E-state index contributed by atoms with van der Waals surface area (Å²) in [6, 6.07) is 12.4. The maximum atomic E-state index is 13.6. The molecule has 1 atom stereocenters. The van der Waals surface area contributed by atoms with Crippen molar-refractivity contribution in [3.63, 3.8) is 0 Å². The Bertz CT molecular complexity index is 779. The van der Waals surface area contributed by atoms with Crippen LogP contribution < -0.4 is 14.2 Å². The van der Waals surface area contributed by atoms with E-state index in [-0.39, 0.29) is 18.0 Å². The molecule has 3 rings (SSSR count). The largest absolute Gasteiger partial charge is 0.486 e. The summed E-state index contributed by atoms with van der Waals surface area (Å²) in [7, 11) is -3.93. The maximum Gasteiger partial charge on any atom is 0.243 e. The topological polar surface area (TPSA) is 64.6 Å². The van der Waals surface area contributed by atoms with Gasteiger partial charge in [0.05, 0.1) is 6.54 Å². The number of fused-ring (bicyclic) bond motifs is 1. The van der Waals surface area contributed by atoms with E-state index in [1.165, 1.54) is 18.2 Å². The van der Waals surface area contributed by atoms with Gasteiger partial charge in [-0.05, 0) is 24.3 Å². The standard InChI is InChI=1S/C15H14FNO4S/c16-12-5-1-4-8-15(12)22(18,19)17-9-11-10-20-13-6-2-3-7-14(13)21-11/h1-8,11,17H,9-10H2/t11-/m0/s1. The van der Waals surface area contributed by atoms with Crippen LogP contribution in [0.5, 0.6) is 11.5 Å². The van der Waals surface area contributed by atoms with Crippen molar-refractivity contribution in [1.29, 1.82) is 0 Å². The average Bonchev–Trinajstić information content (AvgIpc) is 2.53. The fourth-order valence-corrected chi connectivity index (χ4v) is 3.25. The third kappa shape index (κ3) is 3.05. The highest BCUT2D eigenvalue weighted by Crippen LogP contribution is 2.30. The van der Waals surface area contributed by atoms with Crippen molar-refractivity contribution in [3.8, 4) is 11.5 Å². The van der Waals surface area contributed by atoms with E-state index in [1.807, 2.05) is 6.07 Å². The van der Waals surface area contributed by atoms with Gasteiger partial charge in [-0.3, -0.25) is 0 Å². The Labute approximate surface area is 127 Å². The lowest BCUT2D eigenvalue weighted by Crippen LogP contribution is -2.40. The number of nitrogens with one attached hydrogen (secondary N) is 1. The second-order valence-corrected chi connectivity index (χ2v) is 6.52. The molecule has 0 spiro atoms. The number of hydrogen-bond donors (Lipinski definition) is 1. The SMILES string of the molecule is O=S(=O)(NC[C@H]1COc2ccccc2O1)c1ccccc1F. The molecule has 0 unspecified atom stereocenters. The molecule has 0 saturated heterocycles. The Hall–Kier alpha value is -2.12. The average molecular weight is 323 g/mol. The summed E-state index contributed by atoms with van der Waals surface area (Å²) in [5.74, 6) is 0.390. The lowest BCUT2D eigenvalue weighted by Gasteiger charge is -2.26. The molecule has 1 aliphatic rings. The minimum Gasteiger partial charge on any atom is -0.486 e. The number of ether oxygens (including phenoxy) is 2. The van der Waals surface area contributed by atoms with Crippen LogP contribution >= 0.6 is 0 Å². The van der Waals surface area contributed by atoms with Gasteiger partial charge in [0.2, 0.25) is 10.0 Å². The Morgan fingerprint density at radius 3 is 2.55 bits per heavy atom. The number of halogens is 1. The van der Waals surface area contributed by atoms with Crippen molar-refractivity contribution < 1.29 is 22.3 Å². The van der Waals surface area contributed by atoms with Gasteiger partial charge in [-0.25, -0.2) is 17.5 Å². The predicted molar refractivity (Wildman–Crippen MR) is 77.9 cm³/mol. The molecule has 116 valence electrons. The number of rotatable bonds is 4. The van der Waals surface area contributed by atoms with Gasteiger partial charge >= 0.3 is 0 Å². The molecular formula is C15H14FNO4S. The van der Waals surface area contributed by atoms with Crippen molar-refractivity contribution in [3.05, 3.63) is 54.3 Å². The van der Waals surface area contributed by atoms with E-state index >= 15 is 0 Å². The van der Waals surface area contributed by atoms with Crippen LogP contribution in [-0.2, 0) is 10.0 Å². The van der Waals surface area contributed by atoms with Crippen LogP contribution in [0.15, 0.2) is 53.4 Å². The molecule has 0 fully saturated rings. The predicted octanol–water partition coefficient (Wildman–Crippen LogP) is 1.94. The summed E-state index contributed by atoms with van der Waals surface area (Å²) in [4.78, 5) is -0.382. The van der Waals surface area contributed by atoms with Gasteiger partial charge < -0.3 is 9.47 Å². The van der Waals surface area contributed by atoms with Gasteiger partial charge in [-0.2, -0.15) is 0 Å². The molecule has 5 nitrogen and oxygen atoms in total. The van der Waals surface area contributed by atoms with Crippen molar-refractivity contribution in [2.24, 2.45) is 0 Å². The molecule has 0 aliphatic carbocycles. The van der Waals surface area contributed by atoms with E-state index < -0.39 is 21.9 Å². The highest BCUT2D eigenvalue weighted by molar-refractivity contribution is 7.89. The molecular weight excluding hydrogens is 309 g/mol. The molecule has 0 radical (unpaired) electrons. The van der Waals surface area contributed by atoms with E-state index in [0.29, 0.717) is 11.5 Å². The fraction of sp³-hybridized carbons (Fsp3) is 0.200. The van der Waals surface area contributed by atoms with Crippen molar-refractivity contribution >= 4 is 10.0 Å². The molecule has 1 heterocycles. The van der Waals surface area contributed by atoms with Crippen LogP contribution in [0.2, 0.25) is 0 Å². The monoisotopic (exact) mass is 323 g/mol. The van der Waals surface area contributed by atoms with Gasteiger partial charge in [0, 0.05) is 0 Å². The third-order valence-corrected chi connectivity index (χ3v) is 4.65. The molecule has 0 amide bonds. The van der Waals surface area contributed by atoms with Crippen LogP contribution in [0.3, 0.4) is 0 Å². The Balaban J connectivity index is 1.67. The molecule has 2 aromatic carbocycles. The molecule has 7 heteroatoms. The molecule has 1 aliphatic heterocycles. The first-order valence-electron chi connectivity index (χ1n) is 6.69. The summed E-state index contributed by atoms with van der Waals surface area (Å²) in [5.41, 5.74) is 0. The van der Waals surface area contributed by atoms with Crippen LogP contribution in [0.25, 0.3) is 0 Å². The van der Waals surface area contributed by atoms with E-state index in [9.17, 15) is 12.8 Å². The molecule has 2 aromatic rings. The Kier molecular flexibility index (Phi) is 4.00. The van der Waals surface area contributed by atoms with Gasteiger partial charge in [0.25, 0.3) is 0 Å². The number of hydrogen-bond acceptors (Lipinski definition) is 4. The van der Waals surface area contributed by atoms with E-state index in [1.54, 1.807) is 18.2 Å². The van der Waals surface area contributed by atoms with Gasteiger partial charge in [0.1, 0.15) is 23.4 Å². The zero-order valence-electron chi connectivity index (χ0n) is 11.5. The van der Waals surface area contributed by atoms with Crippen LogP contribution in [0, 0.1) is 5.82 Å². The summed E-state index contributed by atoms with van der Waals surface area (Å²) in [6.45, 7) is 0.210. The van der Waals surface area contributed by atoms with Crippen molar-refractivity contribution in [2.45, 2.75) is 11.0 Å². The van der Waals surface area contributed by atoms with Crippen LogP contribution in [-0.4, -0.2) is 27.7 Å². The second kappa shape index (κ2) is 5.94. The fourth-order valence-electron chi connectivity index (χ4n) is 2.11. The minimum absolute atomic E-state index is 0.00893. The normalized spacial score (nSPS) is 17.2. The van der Waals surface area contributed by atoms with E-state index in [4.69, 9.17) is 9.47 Å². The smallest absolute Gasteiger partial charge is 0.243 e. The summed E-state index contributed by atoms with van der Waals surface area (Å²) in [6.07, 6.45) is -0.476. The maximum absolute atomic E-state index is 13.6. The molecule has 0 saturated carbocycles. The number of para-hydroxylation sites is 2.